The Morgan fingerprint density at radius 1 is 1.64 bits per heavy atom. The molecule has 2 unspecified atom stereocenters. The first kappa shape index (κ1) is 10.6. The fraction of sp³-hybridized carbons (Fsp3) is 0.700. The maximum absolute atomic E-state index is 4.30. The molecule has 2 atom stereocenters. The highest BCUT2D eigenvalue weighted by Gasteiger charge is 2.25. The van der Waals surface area contributed by atoms with Crippen LogP contribution in [0.25, 0.3) is 0 Å². The van der Waals surface area contributed by atoms with Gasteiger partial charge in [-0.15, -0.1) is 0 Å². The largest absolute Gasteiger partial charge is 0.273 e. The standard InChI is InChI=1S/C10H15BrN2S/c1-2-13-5-8(4-12-13)3-9-6-14-7-10(9)11/h4-5,9-10H,2-3,6-7H2,1H3. The molecule has 1 aromatic heterocycles. The van der Waals surface area contributed by atoms with Crippen LogP contribution in [0.1, 0.15) is 12.5 Å². The highest BCUT2D eigenvalue weighted by atomic mass is 79.9. The molecule has 1 aliphatic rings. The van der Waals surface area contributed by atoms with Crippen LogP contribution in [0.5, 0.6) is 0 Å². The van der Waals surface area contributed by atoms with Crippen molar-refractivity contribution >= 4 is 27.7 Å². The molecule has 1 aliphatic heterocycles. The minimum atomic E-state index is 0.692. The van der Waals surface area contributed by atoms with Crippen molar-refractivity contribution in [3.63, 3.8) is 0 Å². The van der Waals surface area contributed by atoms with Gasteiger partial charge in [0.25, 0.3) is 0 Å². The first-order chi connectivity index (χ1) is 6.79. The SMILES string of the molecule is CCn1cc(CC2CSCC2Br)cn1. The summed E-state index contributed by atoms with van der Waals surface area (Å²) < 4.78 is 2.00. The van der Waals surface area contributed by atoms with E-state index in [9.17, 15) is 0 Å². The van der Waals surface area contributed by atoms with Crippen LogP contribution in [0.2, 0.25) is 0 Å². The molecule has 0 bridgehead atoms. The van der Waals surface area contributed by atoms with Crippen molar-refractivity contribution in [1.82, 2.24) is 9.78 Å². The fourth-order valence-electron chi connectivity index (χ4n) is 1.75. The van der Waals surface area contributed by atoms with Crippen molar-refractivity contribution in [2.24, 2.45) is 5.92 Å². The first-order valence-electron chi connectivity index (χ1n) is 5.02. The van der Waals surface area contributed by atoms with Gasteiger partial charge in [0.05, 0.1) is 6.20 Å². The van der Waals surface area contributed by atoms with Gasteiger partial charge in [-0.3, -0.25) is 4.68 Å². The molecule has 4 heteroatoms. The van der Waals surface area contributed by atoms with Gasteiger partial charge in [0.15, 0.2) is 0 Å². The van der Waals surface area contributed by atoms with Gasteiger partial charge in [-0.1, -0.05) is 15.9 Å². The van der Waals surface area contributed by atoms with E-state index in [4.69, 9.17) is 0 Å². The molecule has 2 rings (SSSR count). The van der Waals surface area contributed by atoms with E-state index in [1.54, 1.807) is 0 Å². The Morgan fingerprint density at radius 3 is 3.07 bits per heavy atom. The number of aromatic nitrogens is 2. The number of aryl methyl sites for hydroxylation is 1. The van der Waals surface area contributed by atoms with Crippen LogP contribution in [0.4, 0.5) is 0 Å². The van der Waals surface area contributed by atoms with Crippen LogP contribution in [0.3, 0.4) is 0 Å². The summed E-state index contributed by atoms with van der Waals surface area (Å²) in [7, 11) is 0. The number of hydrogen-bond acceptors (Lipinski definition) is 2. The van der Waals surface area contributed by atoms with E-state index in [1.807, 2.05) is 22.6 Å². The van der Waals surface area contributed by atoms with Crippen molar-refractivity contribution in [1.29, 1.82) is 0 Å². The Hall–Kier alpha value is 0.0400. The zero-order valence-electron chi connectivity index (χ0n) is 8.32. The van der Waals surface area contributed by atoms with E-state index in [1.165, 1.54) is 23.5 Å². The third-order valence-electron chi connectivity index (χ3n) is 2.63. The summed E-state index contributed by atoms with van der Waals surface area (Å²) in [5.74, 6) is 3.33. The number of nitrogens with zero attached hydrogens (tertiary/aromatic N) is 2. The topological polar surface area (TPSA) is 17.8 Å². The Bertz CT molecular complexity index is 300. The Kier molecular flexibility index (Phi) is 3.55. The zero-order valence-corrected chi connectivity index (χ0v) is 10.7. The maximum atomic E-state index is 4.30. The van der Waals surface area contributed by atoms with E-state index in [0.29, 0.717) is 4.83 Å². The number of thioether (sulfide) groups is 1. The third kappa shape index (κ3) is 2.34. The summed E-state index contributed by atoms with van der Waals surface area (Å²) in [6, 6.07) is 0. The molecule has 1 saturated heterocycles. The van der Waals surface area contributed by atoms with Crippen molar-refractivity contribution < 1.29 is 0 Å². The average Bonchev–Trinajstić information content (AvgIpc) is 2.77. The lowest BCUT2D eigenvalue weighted by Gasteiger charge is -2.10. The van der Waals surface area contributed by atoms with Crippen molar-refractivity contribution in [3.05, 3.63) is 18.0 Å². The molecular weight excluding hydrogens is 260 g/mol. The van der Waals surface area contributed by atoms with Gasteiger partial charge in [0.1, 0.15) is 0 Å². The Labute approximate surface area is 97.6 Å². The molecular formula is C10H15BrN2S. The van der Waals surface area contributed by atoms with E-state index in [2.05, 4.69) is 34.1 Å². The van der Waals surface area contributed by atoms with Gasteiger partial charge in [-0.25, -0.2) is 0 Å². The maximum Gasteiger partial charge on any atom is 0.0521 e. The molecule has 0 spiro atoms. The summed E-state index contributed by atoms with van der Waals surface area (Å²) in [6.07, 6.45) is 5.35. The Balaban J connectivity index is 1.96. The molecule has 0 N–H and O–H groups in total. The van der Waals surface area contributed by atoms with Crippen molar-refractivity contribution in [2.75, 3.05) is 11.5 Å². The lowest BCUT2D eigenvalue weighted by Crippen LogP contribution is -2.13. The molecule has 1 fully saturated rings. The van der Waals surface area contributed by atoms with Crippen molar-refractivity contribution in [3.8, 4) is 0 Å². The smallest absolute Gasteiger partial charge is 0.0521 e. The second-order valence-electron chi connectivity index (χ2n) is 3.72. The zero-order chi connectivity index (χ0) is 9.97. The quantitative estimate of drug-likeness (QED) is 0.789. The number of halogens is 1. The number of rotatable bonds is 3. The minimum absolute atomic E-state index is 0.692. The van der Waals surface area contributed by atoms with E-state index in [0.717, 1.165) is 12.5 Å². The molecule has 2 nitrogen and oxygen atoms in total. The van der Waals surface area contributed by atoms with Gasteiger partial charge < -0.3 is 0 Å². The molecule has 78 valence electrons. The number of hydrogen-bond donors (Lipinski definition) is 0. The van der Waals surface area contributed by atoms with E-state index >= 15 is 0 Å². The van der Waals surface area contributed by atoms with Gasteiger partial charge in [0, 0.05) is 23.3 Å². The second kappa shape index (κ2) is 4.71. The summed E-state index contributed by atoms with van der Waals surface area (Å²) >= 11 is 5.79. The molecule has 1 aromatic rings. The fourth-order valence-corrected chi connectivity index (χ4v) is 4.22. The molecule has 0 aliphatic carbocycles. The van der Waals surface area contributed by atoms with Gasteiger partial charge in [-0.2, -0.15) is 16.9 Å². The molecule has 2 heterocycles. The molecule has 0 saturated carbocycles. The second-order valence-corrected chi connectivity index (χ2v) is 5.97. The summed E-state index contributed by atoms with van der Waals surface area (Å²) in [5.41, 5.74) is 1.38. The van der Waals surface area contributed by atoms with Gasteiger partial charge in [-0.05, 0) is 30.6 Å². The average molecular weight is 275 g/mol. The normalized spacial score (nSPS) is 27.0. The highest BCUT2D eigenvalue weighted by molar-refractivity contribution is 9.09. The number of alkyl halides is 1. The van der Waals surface area contributed by atoms with Crippen molar-refractivity contribution in [2.45, 2.75) is 24.7 Å². The minimum Gasteiger partial charge on any atom is -0.273 e. The molecule has 0 radical (unpaired) electrons. The van der Waals surface area contributed by atoms with Crippen LogP contribution in [0.15, 0.2) is 12.4 Å². The predicted molar refractivity (Wildman–Crippen MR) is 65.1 cm³/mol. The molecule has 14 heavy (non-hydrogen) atoms. The van der Waals surface area contributed by atoms with Crippen LogP contribution >= 0.6 is 27.7 Å². The van der Waals surface area contributed by atoms with Crippen LogP contribution in [-0.2, 0) is 13.0 Å². The summed E-state index contributed by atoms with van der Waals surface area (Å²) in [5, 5.41) is 4.30. The predicted octanol–water partition coefficient (Wildman–Crippen LogP) is 2.57. The van der Waals surface area contributed by atoms with Gasteiger partial charge in [0.2, 0.25) is 0 Å². The summed E-state index contributed by atoms with van der Waals surface area (Å²) in [6.45, 7) is 3.09. The van der Waals surface area contributed by atoms with E-state index < -0.39 is 0 Å². The first-order valence-corrected chi connectivity index (χ1v) is 7.09. The van der Waals surface area contributed by atoms with Gasteiger partial charge >= 0.3 is 0 Å². The van der Waals surface area contributed by atoms with Crippen LogP contribution in [0, 0.1) is 5.92 Å². The van der Waals surface area contributed by atoms with Crippen LogP contribution in [-0.4, -0.2) is 26.1 Å². The lowest BCUT2D eigenvalue weighted by atomic mass is 10.0. The van der Waals surface area contributed by atoms with Crippen LogP contribution < -0.4 is 0 Å². The molecule has 0 amide bonds. The third-order valence-corrected chi connectivity index (χ3v) is 5.39. The Morgan fingerprint density at radius 2 is 2.50 bits per heavy atom. The lowest BCUT2D eigenvalue weighted by molar-refractivity contribution is 0.613. The monoisotopic (exact) mass is 274 g/mol. The highest BCUT2D eigenvalue weighted by Crippen LogP contribution is 2.32. The summed E-state index contributed by atoms with van der Waals surface area (Å²) in [4.78, 5) is 0.692. The molecule has 0 aromatic carbocycles. The van der Waals surface area contributed by atoms with E-state index in [-0.39, 0.29) is 0 Å².